The number of anilines is 1. The molecule has 0 saturated heterocycles. The summed E-state index contributed by atoms with van der Waals surface area (Å²) in [6.45, 7) is 1.53. The van der Waals surface area contributed by atoms with E-state index in [0.717, 1.165) is 38.0 Å². The fourth-order valence-electron chi connectivity index (χ4n) is 1.96. The number of hydrogen-bond donors (Lipinski definition) is 1. The molecule has 1 aromatic carbocycles. The van der Waals surface area contributed by atoms with Gasteiger partial charge in [0.2, 0.25) is 0 Å². The first-order chi connectivity index (χ1) is 9.72. The average molecular weight is 296 g/mol. The van der Waals surface area contributed by atoms with Crippen LogP contribution < -0.4 is 5.73 Å². The normalized spacial score (nSPS) is 10.9. The fraction of sp³-hybridized carbons (Fsp3) is 0.462. The van der Waals surface area contributed by atoms with Crippen LogP contribution in [0.2, 0.25) is 5.02 Å². The van der Waals surface area contributed by atoms with Gasteiger partial charge in [0, 0.05) is 36.5 Å². The second-order valence-electron chi connectivity index (χ2n) is 4.51. The SMILES string of the molecule is COCCCCCn1nnnc1-c1cc(Cl)ccc1N. The number of aryl methyl sites for hydroxylation is 1. The van der Waals surface area contributed by atoms with Crippen molar-refractivity contribution in [1.82, 2.24) is 20.2 Å². The van der Waals surface area contributed by atoms with Crippen LogP contribution in [0.1, 0.15) is 19.3 Å². The molecule has 2 rings (SSSR count). The molecule has 0 amide bonds. The summed E-state index contributed by atoms with van der Waals surface area (Å²) in [7, 11) is 1.71. The van der Waals surface area contributed by atoms with E-state index < -0.39 is 0 Å². The number of hydrogen-bond acceptors (Lipinski definition) is 5. The molecule has 0 unspecified atom stereocenters. The number of halogens is 1. The van der Waals surface area contributed by atoms with Gasteiger partial charge in [-0.25, -0.2) is 4.68 Å². The van der Waals surface area contributed by atoms with Crippen molar-refractivity contribution < 1.29 is 4.74 Å². The lowest BCUT2D eigenvalue weighted by molar-refractivity contribution is 0.191. The van der Waals surface area contributed by atoms with Crippen molar-refractivity contribution in [1.29, 1.82) is 0 Å². The summed E-state index contributed by atoms with van der Waals surface area (Å²) >= 11 is 6.00. The van der Waals surface area contributed by atoms with Crippen LogP contribution in [0, 0.1) is 0 Å². The van der Waals surface area contributed by atoms with E-state index in [1.807, 2.05) is 0 Å². The van der Waals surface area contributed by atoms with Gasteiger partial charge in [0.15, 0.2) is 5.82 Å². The van der Waals surface area contributed by atoms with E-state index in [1.165, 1.54) is 0 Å². The monoisotopic (exact) mass is 295 g/mol. The molecule has 2 N–H and O–H groups in total. The van der Waals surface area contributed by atoms with Gasteiger partial charge in [-0.2, -0.15) is 0 Å². The quantitative estimate of drug-likeness (QED) is 0.627. The molecule has 0 aliphatic heterocycles. The third-order valence-electron chi connectivity index (χ3n) is 3.01. The average Bonchev–Trinajstić information content (AvgIpc) is 2.89. The summed E-state index contributed by atoms with van der Waals surface area (Å²) in [6, 6.07) is 5.29. The molecule has 0 aliphatic rings. The van der Waals surface area contributed by atoms with Gasteiger partial charge in [0.25, 0.3) is 0 Å². The summed E-state index contributed by atoms with van der Waals surface area (Å²) in [6.07, 6.45) is 3.09. The molecule has 0 radical (unpaired) electrons. The Bertz CT molecular complexity index is 557. The van der Waals surface area contributed by atoms with Gasteiger partial charge < -0.3 is 10.5 Å². The molecule has 7 heteroatoms. The Kier molecular flexibility index (Phi) is 5.31. The number of tetrazole rings is 1. The van der Waals surface area contributed by atoms with E-state index in [-0.39, 0.29) is 0 Å². The Labute approximate surface area is 122 Å². The van der Waals surface area contributed by atoms with Crippen LogP contribution in [0.3, 0.4) is 0 Å². The minimum Gasteiger partial charge on any atom is -0.398 e. The van der Waals surface area contributed by atoms with Crippen LogP contribution in [0.25, 0.3) is 11.4 Å². The highest BCUT2D eigenvalue weighted by Crippen LogP contribution is 2.26. The molecular formula is C13H18ClN5O. The van der Waals surface area contributed by atoms with E-state index >= 15 is 0 Å². The van der Waals surface area contributed by atoms with Gasteiger partial charge in [-0.15, -0.1) is 5.10 Å². The first kappa shape index (κ1) is 14.7. The van der Waals surface area contributed by atoms with Gasteiger partial charge in [-0.05, 0) is 47.9 Å². The molecule has 20 heavy (non-hydrogen) atoms. The lowest BCUT2D eigenvalue weighted by atomic mass is 10.1. The molecular weight excluding hydrogens is 278 g/mol. The van der Waals surface area contributed by atoms with Gasteiger partial charge in [0.05, 0.1) is 0 Å². The highest BCUT2D eigenvalue weighted by Gasteiger charge is 2.12. The van der Waals surface area contributed by atoms with Crippen molar-refractivity contribution in [2.75, 3.05) is 19.5 Å². The number of ether oxygens (including phenoxy) is 1. The molecule has 2 aromatic rings. The van der Waals surface area contributed by atoms with Crippen molar-refractivity contribution in [2.45, 2.75) is 25.8 Å². The summed E-state index contributed by atoms with van der Waals surface area (Å²) in [5, 5.41) is 12.4. The molecule has 0 aliphatic carbocycles. The van der Waals surface area contributed by atoms with E-state index in [1.54, 1.807) is 30.0 Å². The van der Waals surface area contributed by atoms with Crippen LogP contribution in [-0.4, -0.2) is 33.9 Å². The number of nitrogens with two attached hydrogens (primary N) is 1. The highest BCUT2D eigenvalue weighted by molar-refractivity contribution is 6.31. The Hall–Kier alpha value is -1.66. The number of nitrogens with zero attached hydrogens (tertiary/aromatic N) is 4. The van der Waals surface area contributed by atoms with Crippen molar-refractivity contribution >= 4 is 17.3 Å². The first-order valence-electron chi connectivity index (χ1n) is 6.53. The largest absolute Gasteiger partial charge is 0.398 e. The summed E-state index contributed by atoms with van der Waals surface area (Å²) in [5.41, 5.74) is 7.34. The molecule has 0 fully saturated rings. The Balaban J connectivity index is 2.06. The molecule has 0 atom stereocenters. The van der Waals surface area contributed by atoms with Crippen LogP contribution in [0.15, 0.2) is 18.2 Å². The number of nitrogen functional groups attached to an aromatic ring is 1. The minimum absolute atomic E-state index is 0.615. The molecule has 108 valence electrons. The van der Waals surface area contributed by atoms with E-state index in [4.69, 9.17) is 22.1 Å². The topological polar surface area (TPSA) is 78.8 Å². The molecule has 0 saturated carbocycles. The van der Waals surface area contributed by atoms with E-state index in [2.05, 4.69) is 15.5 Å². The highest BCUT2D eigenvalue weighted by atomic mass is 35.5. The van der Waals surface area contributed by atoms with Gasteiger partial charge in [0.1, 0.15) is 0 Å². The zero-order valence-electron chi connectivity index (χ0n) is 11.4. The lowest BCUT2D eigenvalue weighted by Gasteiger charge is -2.07. The van der Waals surface area contributed by atoms with Crippen LogP contribution >= 0.6 is 11.6 Å². The predicted octanol–water partition coefficient (Wildman–Crippen LogP) is 2.39. The maximum atomic E-state index is 6.00. The maximum absolute atomic E-state index is 6.00. The number of methoxy groups -OCH3 is 1. The van der Waals surface area contributed by atoms with Crippen molar-refractivity contribution in [3.63, 3.8) is 0 Å². The number of unbranched alkanes of at least 4 members (excludes halogenated alkanes) is 2. The summed E-state index contributed by atoms with van der Waals surface area (Å²) in [4.78, 5) is 0. The van der Waals surface area contributed by atoms with Gasteiger partial charge >= 0.3 is 0 Å². The van der Waals surface area contributed by atoms with Crippen LogP contribution in [-0.2, 0) is 11.3 Å². The zero-order valence-corrected chi connectivity index (χ0v) is 12.2. The lowest BCUT2D eigenvalue weighted by Crippen LogP contribution is -2.05. The number of aromatic nitrogens is 4. The maximum Gasteiger partial charge on any atom is 0.184 e. The van der Waals surface area contributed by atoms with Gasteiger partial charge in [-0.1, -0.05) is 11.6 Å². The van der Waals surface area contributed by atoms with Crippen LogP contribution in [0.4, 0.5) is 5.69 Å². The van der Waals surface area contributed by atoms with Crippen LogP contribution in [0.5, 0.6) is 0 Å². The third-order valence-corrected chi connectivity index (χ3v) is 3.24. The Morgan fingerprint density at radius 2 is 2.15 bits per heavy atom. The molecule has 1 heterocycles. The second kappa shape index (κ2) is 7.21. The number of benzene rings is 1. The fourth-order valence-corrected chi connectivity index (χ4v) is 2.13. The second-order valence-corrected chi connectivity index (χ2v) is 4.95. The third kappa shape index (κ3) is 3.68. The van der Waals surface area contributed by atoms with E-state index in [9.17, 15) is 0 Å². The van der Waals surface area contributed by atoms with Crippen molar-refractivity contribution in [3.05, 3.63) is 23.2 Å². The Morgan fingerprint density at radius 1 is 1.30 bits per heavy atom. The Morgan fingerprint density at radius 3 is 2.95 bits per heavy atom. The van der Waals surface area contributed by atoms with Crippen molar-refractivity contribution in [3.8, 4) is 11.4 Å². The smallest absolute Gasteiger partial charge is 0.184 e. The standard InChI is InChI=1S/C13H18ClN5O/c1-20-8-4-2-3-7-19-13(16-17-18-19)11-9-10(14)5-6-12(11)15/h5-6,9H,2-4,7-8,15H2,1H3. The summed E-state index contributed by atoms with van der Waals surface area (Å²) in [5.74, 6) is 0.650. The van der Waals surface area contributed by atoms with E-state index in [0.29, 0.717) is 16.5 Å². The first-order valence-corrected chi connectivity index (χ1v) is 6.90. The summed E-state index contributed by atoms with van der Waals surface area (Å²) < 4.78 is 6.78. The molecule has 6 nitrogen and oxygen atoms in total. The number of rotatable bonds is 7. The zero-order chi connectivity index (χ0) is 14.4. The molecule has 0 bridgehead atoms. The minimum atomic E-state index is 0.615. The van der Waals surface area contributed by atoms with Gasteiger partial charge in [-0.3, -0.25) is 0 Å². The molecule has 0 spiro atoms. The molecule has 1 aromatic heterocycles. The predicted molar refractivity (Wildman–Crippen MR) is 78.4 cm³/mol. The van der Waals surface area contributed by atoms with Crippen molar-refractivity contribution in [2.24, 2.45) is 0 Å².